The van der Waals surface area contributed by atoms with Crippen LogP contribution in [0.1, 0.15) is 57.4 Å². The summed E-state index contributed by atoms with van der Waals surface area (Å²) in [5, 5.41) is 19.0. The average molecular weight is 425 g/mol. The maximum Gasteiger partial charge on any atom is 0.407 e. The zero-order valence-corrected chi connectivity index (χ0v) is 18.3. The van der Waals surface area contributed by atoms with Gasteiger partial charge in [-0.3, -0.25) is 0 Å². The molecular weight excluding hydrogens is 392 g/mol. The van der Waals surface area contributed by atoms with Crippen LogP contribution in [0.25, 0.3) is 11.0 Å². The third-order valence-electron chi connectivity index (χ3n) is 6.92. The van der Waals surface area contributed by atoms with Crippen LogP contribution in [0.2, 0.25) is 0 Å². The van der Waals surface area contributed by atoms with Crippen molar-refractivity contribution in [2.75, 3.05) is 19.7 Å². The molecule has 1 aromatic carbocycles. The molecular formula is C24H32N4O3. The van der Waals surface area contributed by atoms with Crippen LogP contribution in [0.3, 0.4) is 0 Å². The minimum absolute atomic E-state index is 0.362. The first-order chi connectivity index (χ1) is 15.0. The number of imidazole rings is 1. The average Bonchev–Trinajstić information content (AvgIpc) is 3.15. The van der Waals surface area contributed by atoms with E-state index in [-0.39, 0.29) is 5.60 Å². The molecule has 31 heavy (non-hydrogen) atoms. The quantitative estimate of drug-likeness (QED) is 0.728. The Labute approximate surface area is 183 Å². The first-order valence-corrected chi connectivity index (χ1v) is 11.4. The number of hydrogen-bond acceptors (Lipinski definition) is 4. The van der Waals surface area contributed by atoms with Crippen molar-refractivity contribution in [2.24, 2.45) is 11.8 Å². The zero-order chi connectivity index (χ0) is 21.8. The van der Waals surface area contributed by atoms with Crippen molar-refractivity contribution in [3.8, 4) is 6.07 Å². The summed E-state index contributed by atoms with van der Waals surface area (Å²) >= 11 is 0. The maximum atomic E-state index is 12.0. The first kappa shape index (κ1) is 21.6. The number of aromatic nitrogens is 2. The summed E-state index contributed by atoms with van der Waals surface area (Å²) in [6.45, 7) is 4.66. The second kappa shape index (κ2) is 9.27. The van der Waals surface area contributed by atoms with Crippen molar-refractivity contribution < 1.29 is 14.6 Å². The number of carbonyl (C=O) groups is 1. The first-order valence-electron chi connectivity index (χ1n) is 11.4. The number of rotatable bonds is 6. The molecule has 1 aliphatic carbocycles. The number of ether oxygens (including phenoxy) is 1. The highest BCUT2D eigenvalue weighted by atomic mass is 16.5. The Morgan fingerprint density at radius 1 is 1.35 bits per heavy atom. The van der Waals surface area contributed by atoms with E-state index >= 15 is 0 Å². The highest BCUT2D eigenvalue weighted by molar-refractivity contribution is 5.76. The Morgan fingerprint density at radius 2 is 2.19 bits per heavy atom. The van der Waals surface area contributed by atoms with Crippen LogP contribution in [-0.4, -0.2) is 50.9 Å². The molecule has 2 aromatic rings. The van der Waals surface area contributed by atoms with Gasteiger partial charge in [0.25, 0.3) is 0 Å². The topological polar surface area (TPSA) is 91.4 Å². The summed E-state index contributed by atoms with van der Waals surface area (Å²) in [5.74, 6) is 0.852. The minimum Gasteiger partial charge on any atom is -0.465 e. The van der Waals surface area contributed by atoms with Crippen LogP contribution in [0.5, 0.6) is 0 Å². The third-order valence-corrected chi connectivity index (χ3v) is 6.92. The van der Waals surface area contributed by atoms with Gasteiger partial charge in [-0.2, -0.15) is 5.26 Å². The van der Waals surface area contributed by atoms with Crippen LogP contribution >= 0.6 is 0 Å². The summed E-state index contributed by atoms with van der Waals surface area (Å²) in [7, 11) is 0. The lowest BCUT2D eigenvalue weighted by Crippen LogP contribution is -2.48. The molecule has 2 aliphatic rings. The van der Waals surface area contributed by atoms with Crippen molar-refractivity contribution in [1.82, 2.24) is 14.5 Å². The number of amides is 1. The van der Waals surface area contributed by atoms with E-state index in [1.165, 1.54) is 0 Å². The van der Waals surface area contributed by atoms with E-state index in [2.05, 4.69) is 15.6 Å². The molecule has 4 rings (SSSR count). The van der Waals surface area contributed by atoms with E-state index in [9.17, 15) is 15.2 Å². The lowest BCUT2D eigenvalue weighted by atomic mass is 9.81. The van der Waals surface area contributed by atoms with E-state index in [0.717, 1.165) is 69.1 Å². The molecule has 1 aromatic heterocycles. The van der Waals surface area contributed by atoms with Crippen molar-refractivity contribution in [3.05, 3.63) is 30.1 Å². The Bertz CT molecular complexity index is 957. The summed E-state index contributed by atoms with van der Waals surface area (Å²) < 4.78 is 8.10. The van der Waals surface area contributed by atoms with E-state index in [4.69, 9.17) is 4.74 Å². The molecule has 1 saturated heterocycles. The standard InChI is InChI=1S/C24H32N4O3/c1-24(9-2-3-10-31-24)16-27(23(29)30)14-19-5-4-6-20(11-19)15-28-17-26-21-8-7-18(13-25)12-22(21)28/h7-8,12,17,19-20H,2-6,9-11,14-16H2,1H3,(H,29,30). The molecule has 166 valence electrons. The second-order valence-electron chi connectivity index (χ2n) is 9.53. The SMILES string of the molecule is CC1(CN(CC2CCCC(Cn3cnc4ccc(C#N)cc43)C2)C(=O)O)CCCCO1. The normalized spacial score (nSPS) is 26.5. The monoisotopic (exact) mass is 424 g/mol. The number of nitriles is 1. The highest BCUT2D eigenvalue weighted by Gasteiger charge is 2.34. The van der Waals surface area contributed by atoms with Gasteiger partial charge < -0.3 is 19.3 Å². The molecule has 0 spiro atoms. The van der Waals surface area contributed by atoms with Gasteiger partial charge >= 0.3 is 6.09 Å². The van der Waals surface area contributed by atoms with Gasteiger partial charge in [0.15, 0.2) is 0 Å². The molecule has 0 bridgehead atoms. The predicted molar refractivity (Wildman–Crippen MR) is 118 cm³/mol. The molecule has 1 saturated carbocycles. The summed E-state index contributed by atoms with van der Waals surface area (Å²) in [6, 6.07) is 7.80. The lowest BCUT2D eigenvalue weighted by molar-refractivity contribution is -0.0811. The van der Waals surface area contributed by atoms with Gasteiger partial charge in [-0.15, -0.1) is 0 Å². The van der Waals surface area contributed by atoms with Crippen molar-refractivity contribution in [3.63, 3.8) is 0 Å². The predicted octanol–water partition coefficient (Wildman–Crippen LogP) is 4.65. The molecule has 7 heteroatoms. The van der Waals surface area contributed by atoms with E-state index in [1.54, 1.807) is 11.0 Å². The maximum absolute atomic E-state index is 12.0. The number of fused-ring (bicyclic) bond motifs is 1. The van der Waals surface area contributed by atoms with Gasteiger partial charge in [0.1, 0.15) is 0 Å². The van der Waals surface area contributed by atoms with Crippen LogP contribution < -0.4 is 0 Å². The Balaban J connectivity index is 1.40. The fraction of sp³-hybridized carbons (Fsp3) is 0.625. The summed E-state index contributed by atoms with van der Waals surface area (Å²) in [6.07, 6.45) is 8.44. The molecule has 0 radical (unpaired) electrons. The highest BCUT2D eigenvalue weighted by Crippen LogP contribution is 2.33. The molecule has 1 N–H and O–H groups in total. The van der Waals surface area contributed by atoms with Crippen LogP contribution in [0.15, 0.2) is 24.5 Å². The van der Waals surface area contributed by atoms with Gasteiger partial charge in [-0.25, -0.2) is 9.78 Å². The Morgan fingerprint density at radius 3 is 2.94 bits per heavy atom. The van der Waals surface area contributed by atoms with Crippen LogP contribution in [0.4, 0.5) is 4.79 Å². The number of carboxylic acid groups (broad SMARTS) is 1. The largest absolute Gasteiger partial charge is 0.465 e. The van der Waals surface area contributed by atoms with Crippen LogP contribution in [-0.2, 0) is 11.3 Å². The minimum atomic E-state index is -0.845. The van der Waals surface area contributed by atoms with Crippen molar-refractivity contribution in [2.45, 2.75) is 64.0 Å². The van der Waals surface area contributed by atoms with E-state index < -0.39 is 6.09 Å². The Hall–Kier alpha value is -2.59. The van der Waals surface area contributed by atoms with Crippen molar-refractivity contribution >= 4 is 17.1 Å². The van der Waals surface area contributed by atoms with Gasteiger partial charge in [0, 0.05) is 19.7 Å². The fourth-order valence-electron chi connectivity index (χ4n) is 5.33. The molecule has 1 amide bonds. The molecule has 1 aliphatic heterocycles. The lowest BCUT2D eigenvalue weighted by Gasteiger charge is -2.39. The Kier molecular flexibility index (Phi) is 6.47. The molecule has 7 nitrogen and oxygen atoms in total. The molecule has 2 heterocycles. The number of benzene rings is 1. The fourth-order valence-corrected chi connectivity index (χ4v) is 5.33. The number of nitrogens with zero attached hydrogens (tertiary/aromatic N) is 4. The van der Waals surface area contributed by atoms with Crippen molar-refractivity contribution in [1.29, 1.82) is 5.26 Å². The number of hydrogen-bond donors (Lipinski definition) is 1. The molecule has 2 fully saturated rings. The van der Waals surface area contributed by atoms with Gasteiger partial charge in [-0.05, 0) is 75.5 Å². The van der Waals surface area contributed by atoms with Gasteiger partial charge in [0.2, 0.25) is 0 Å². The summed E-state index contributed by atoms with van der Waals surface area (Å²) in [5.41, 5.74) is 2.19. The zero-order valence-electron chi connectivity index (χ0n) is 18.3. The van der Waals surface area contributed by atoms with Gasteiger partial charge in [-0.1, -0.05) is 6.42 Å². The van der Waals surface area contributed by atoms with Crippen LogP contribution in [0, 0.1) is 23.2 Å². The smallest absolute Gasteiger partial charge is 0.407 e. The summed E-state index contributed by atoms with van der Waals surface area (Å²) in [4.78, 5) is 18.0. The third kappa shape index (κ3) is 5.19. The van der Waals surface area contributed by atoms with Gasteiger partial charge in [0.05, 0.1) is 41.1 Å². The van der Waals surface area contributed by atoms with E-state index in [0.29, 0.717) is 30.5 Å². The molecule has 3 unspecified atom stereocenters. The second-order valence-corrected chi connectivity index (χ2v) is 9.53. The molecule has 3 atom stereocenters. The van der Waals surface area contributed by atoms with E-state index in [1.807, 2.05) is 25.4 Å².